The van der Waals surface area contributed by atoms with Gasteiger partial charge in [0.2, 0.25) is 23.6 Å². The highest BCUT2D eigenvalue weighted by atomic mass is 16.5. The Hall–Kier alpha value is -4.72. The number of hydrogen-bond donors (Lipinski definition) is 1. The molecule has 2 saturated heterocycles. The van der Waals surface area contributed by atoms with E-state index >= 15 is 0 Å². The van der Waals surface area contributed by atoms with Crippen LogP contribution in [0.5, 0.6) is 11.5 Å². The Morgan fingerprint density at radius 2 is 1.27 bits per heavy atom. The first kappa shape index (κ1) is 29.0. The van der Waals surface area contributed by atoms with Crippen molar-refractivity contribution < 1.29 is 29.0 Å². The number of fused-ring (bicyclic) bond motifs is 4. The highest BCUT2D eigenvalue weighted by Crippen LogP contribution is 2.60. The second-order valence-electron chi connectivity index (χ2n) is 12.5. The molecule has 7 rings (SSSR count). The van der Waals surface area contributed by atoms with Crippen LogP contribution in [-0.2, 0) is 32.0 Å². The van der Waals surface area contributed by atoms with Crippen molar-refractivity contribution in [1.29, 1.82) is 0 Å². The number of imide groups is 2. The van der Waals surface area contributed by atoms with Crippen LogP contribution < -0.4 is 14.5 Å². The van der Waals surface area contributed by atoms with E-state index in [0.29, 0.717) is 29.1 Å². The molecular formula is C37H36N2O6. The molecule has 4 aliphatic rings. The number of benzene rings is 3. The van der Waals surface area contributed by atoms with Crippen molar-refractivity contribution in [2.75, 3.05) is 16.9 Å². The zero-order chi connectivity index (χ0) is 31.6. The molecule has 3 aromatic carbocycles. The first-order valence-electron chi connectivity index (χ1n) is 15.8. The van der Waals surface area contributed by atoms with Gasteiger partial charge in [-0.05, 0) is 79.1 Å². The van der Waals surface area contributed by atoms with Gasteiger partial charge in [0.05, 0.1) is 42.2 Å². The fourth-order valence-corrected chi connectivity index (χ4v) is 8.20. The average Bonchev–Trinajstić information content (AvgIpc) is 3.47. The Labute approximate surface area is 262 Å². The molecule has 2 aliphatic heterocycles. The molecule has 8 heteroatoms. The third kappa shape index (κ3) is 4.33. The van der Waals surface area contributed by atoms with E-state index < -0.39 is 35.5 Å². The third-order valence-electron chi connectivity index (χ3n) is 10.4. The number of anilines is 2. The second kappa shape index (κ2) is 11.0. The average molecular weight is 605 g/mol. The van der Waals surface area contributed by atoms with Crippen LogP contribution in [0.4, 0.5) is 11.4 Å². The number of phenolic OH excluding ortho intramolecular Hbond substituents is 1. The Bertz CT molecular complexity index is 1740. The van der Waals surface area contributed by atoms with Crippen LogP contribution in [0.1, 0.15) is 49.3 Å². The third-order valence-corrected chi connectivity index (χ3v) is 10.4. The molecule has 3 aromatic rings. The molecule has 0 radical (unpaired) electrons. The summed E-state index contributed by atoms with van der Waals surface area (Å²) in [4.78, 5) is 59.1. The zero-order valence-corrected chi connectivity index (χ0v) is 25.6. The summed E-state index contributed by atoms with van der Waals surface area (Å²) in [6.45, 7) is 4.09. The summed E-state index contributed by atoms with van der Waals surface area (Å²) in [5.74, 6) is -4.76. The second-order valence-corrected chi connectivity index (χ2v) is 12.5. The first-order valence-corrected chi connectivity index (χ1v) is 15.8. The number of allylic oxidation sites excluding steroid dienone is 2. The van der Waals surface area contributed by atoms with Crippen molar-refractivity contribution in [2.24, 2.45) is 29.6 Å². The predicted molar refractivity (Wildman–Crippen MR) is 169 cm³/mol. The van der Waals surface area contributed by atoms with Gasteiger partial charge >= 0.3 is 0 Å². The number of carbonyl (C=O) groups excluding carboxylic acids is 4. The number of aromatic hydroxyl groups is 1. The molecular weight excluding hydrogens is 568 g/mol. The normalized spacial score (nSPS) is 27.3. The van der Waals surface area contributed by atoms with E-state index in [0.717, 1.165) is 29.5 Å². The SMILES string of the molecule is CCc1ccc(N2C(=O)[C@H]3[C@H](CC=C4[C@H]3C[C@H]3C(=O)N(c5ccc(CC)cc5)C(=O)[C@H]3[C@H]4c3c(O)cccc3OC)C2=O)cc1. The number of hydrogen-bond acceptors (Lipinski definition) is 6. The van der Waals surface area contributed by atoms with E-state index in [9.17, 15) is 24.3 Å². The first-order chi connectivity index (χ1) is 21.8. The molecule has 8 nitrogen and oxygen atoms in total. The molecule has 3 fully saturated rings. The lowest BCUT2D eigenvalue weighted by atomic mass is 9.57. The van der Waals surface area contributed by atoms with Crippen LogP contribution in [0.25, 0.3) is 0 Å². The summed E-state index contributed by atoms with van der Waals surface area (Å²) >= 11 is 0. The van der Waals surface area contributed by atoms with Gasteiger partial charge in [-0.15, -0.1) is 0 Å². The molecule has 4 amide bonds. The molecule has 0 aromatic heterocycles. The lowest BCUT2D eigenvalue weighted by molar-refractivity contribution is -0.126. The van der Waals surface area contributed by atoms with Gasteiger partial charge in [0.1, 0.15) is 11.5 Å². The highest BCUT2D eigenvalue weighted by Gasteiger charge is 2.62. The smallest absolute Gasteiger partial charge is 0.238 e. The molecule has 0 spiro atoms. The summed E-state index contributed by atoms with van der Waals surface area (Å²) < 4.78 is 5.70. The van der Waals surface area contributed by atoms with Crippen LogP contribution in [0.15, 0.2) is 78.4 Å². The van der Waals surface area contributed by atoms with E-state index in [1.165, 1.54) is 16.9 Å². The number of aryl methyl sites for hydroxylation is 2. The Kier molecular flexibility index (Phi) is 7.10. The fraction of sp³-hybridized carbons (Fsp3) is 0.351. The van der Waals surface area contributed by atoms with Gasteiger partial charge in [0.25, 0.3) is 0 Å². The van der Waals surface area contributed by atoms with E-state index in [4.69, 9.17) is 4.74 Å². The quantitative estimate of drug-likeness (QED) is 0.292. The van der Waals surface area contributed by atoms with Gasteiger partial charge in [-0.2, -0.15) is 0 Å². The van der Waals surface area contributed by atoms with Crippen molar-refractivity contribution in [3.8, 4) is 11.5 Å². The maximum Gasteiger partial charge on any atom is 0.238 e. The minimum Gasteiger partial charge on any atom is -0.508 e. The molecule has 6 atom stereocenters. The number of phenols is 1. The molecule has 2 aliphatic carbocycles. The highest BCUT2D eigenvalue weighted by molar-refractivity contribution is 6.24. The van der Waals surface area contributed by atoms with Crippen LogP contribution in [0.3, 0.4) is 0 Å². The van der Waals surface area contributed by atoms with Crippen LogP contribution in [0, 0.1) is 29.6 Å². The molecule has 0 bridgehead atoms. The lowest BCUT2D eigenvalue weighted by Gasteiger charge is -2.44. The van der Waals surface area contributed by atoms with E-state index in [-0.39, 0.29) is 35.8 Å². The van der Waals surface area contributed by atoms with Crippen LogP contribution >= 0.6 is 0 Å². The number of carbonyl (C=O) groups is 4. The Morgan fingerprint density at radius 3 is 1.82 bits per heavy atom. The van der Waals surface area contributed by atoms with Gasteiger partial charge in [0.15, 0.2) is 0 Å². The lowest BCUT2D eigenvalue weighted by Crippen LogP contribution is -2.43. The largest absolute Gasteiger partial charge is 0.508 e. The topological polar surface area (TPSA) is 104 Å². The van der Waals surface area contributed by atoms with Crippen molar-refractivity contribution in [1.82, 2.24) is 0 Å². The van der Waals surface area contributed by atoms with Crippen LogP contribution in [0.2, 0.25) is 0 Å². The zero-order valence-electron chi connectivity index (χ0n) is 25.6. The van der Waals surface area contributed by atoms with Gasteiger partial charge in [-0.3, -0.25) is 29.0 Å². The molecule has 230 valence electrons. The van der Waals surface area contributed by atoms with E-state index in [1.807, 2.05) is 56.3 Å². The number of methoxy groups -OCH3 is 1. The predicted octanol–water partition coefficient (Wildman–Crippen LogP) is 5.57. The van der Waals surface area contributed by atoms with Crippen LogP contribution in [-0.4, -0.2) is 35.8 Å². The van der Waals surface area contributed by atoms with E-state index in [1.54, 1.807) is 30.3 Å². The maximum absolute atomic E-state index is 14.3. The molecule has 0 unspecified atom stereocenters. The summed E-state index contributed by atoms with van der Waals surface area (Å²) in [7, 11) is 1.51. The Balaban J connectivity index is 1.34. The number of ether oxygens (including phenoxy) is 1. The standard InChI is InChI=1S/C37H36N2O6/c1-4-20-9-13-22(14-10-20)38-34(41)25-18-17-24-26(30(25)36(38)43)19-27-32(31(24)33-28(40)7-6-8-29(33)45-3)37(44)39(35(27)42)23-15-11-21(5-2)12-16-23/h6-17,25-27,30-32,40H,4-5,18-19H2,1-3H3/t25-,26+,27+,30-,31-,32+/m0/s1. The number of rotatable bonds is 6. The molecule has 2 heterocycles. The van der Waals surface area contributed by atoms with Gasteiger partial charge in [-0.25, -0.2) is 0 Å². The fourth-order valence-electron chi connectivity index (χ4n) is 8.20. The van der Waals surface area contributed by atoms with Crippen molar-refractivity contribution in [2.45, 2.75) is 45.4 Å². The monoisotopic (exact) mass is 604 g/mol. The molecule has 1 saturated carbocycles. The number of nitrogens with zero attached hydrogens (tertiary/aromatic N) is 2. The van der Waals surface area contributed by atoms with Gasteiger partial charge in [0, 0.05) is 11.5 Å². The summed E-state index contributed by atoms with van der Waals surface area (Å²) in [6.07, 6.45) is 4.24. The Morgan fingerprint density at radius 1 is 0.711 bits per heavy atom. The minimum atomic E-state index is -0.797. The van der Waals surface area contributed by atoms with Crippen molar-refractivity contribution in [3.05, 3.63) is 95.1 Å². The molecule has 45 heavy (non-hydrogen) atoms. The summed E-state index contributed by atoms with van der Waals surface area (Å²) in [5, 5.41) is 11.2. The summed E-state index contributed by atoms with van der Waals surface area (Å²) in [6, 6.07) is 19.9. The summed E-state index contributed by atoms with van der Waals surface area (Å²) in [5.41, 5.74) is 4.48. The number of amides is 4. The van der Waals surface area contributed by atoms with Gasteiger partial charge in [-0.1, -0.05) is 55.8 Å². The minimum absolute atomic E-state index is 0.0424. The van der Waals surface area contributed by atoms with Crippen molar-refractivity contribution in [3.63, 3.8) is 0 Å². The van der Waals surface area contributed by atoms with Crippen molar-refractivity contribution >= 4 is 35.0 Å². The van der Waals surface area contributed by atoms with E-state index in [2.05, 4.69) is 0 Å². The maximum atomic E-state index is 14.3. The van der Waals surface area contributed by atoms with Gasteiger partial charge < -0.3 is 9.84 Å². The molecule has 1 N–H and O–H groups in total.